The fourth-order valence-corrected chi connectivity index (χ4v) is 3.09. The molecule has 3 atom stereocenters. The van der Waals surface area contributed by atoms with Crippen LogP contribution in [0.5, 0.6) is 11.5 Å². The zero-order chi connectivity index (χ0) is 15.0. The molecule has 0 spiro atoms. The first-order valence-corrected chi connectivity index (χ1v) is 7.79. The average Bonchev–Trinajstić information content (AvgIpc) is 2.92. The average molecular weight is 291 g/mol. The Bertz CT molecular complexity index is 515. The molecule has 1 saturated carbocycles. The van der Waals surface area contributed by atoms with Crippen molar-refractivity contribution in [2.45, 2.75) is 58.2 Å². The lowest BCUT2D eigenvalue weighted by atomic mass is 9.64. The molecule has 0 aromatic heterocycles. The normalized spacial score (nSPS) is 27.2. The Kier molecular flexibility index (Phi) is 3.84. The first-order chi connectivity index (χ1) is 9.96. The van der Waals surface area contributed by atoms with E-state index in [2.05, 4.69) is 38.2 Å². The molecule has 0 bridgehead atoms. The summed E-state index contributed by atoms with van der Waals surface area (Å²) in [4.78, 5) is 0. The maximum atomic E-state index is 9.79. The number of hydrogen-bond donors (Lipinski definition) is 2. The van der Waals surface area contributed by atoms with Crippen molar-refractivity contribution in [3.05, 3.63) is 23.8 Å². The second kappa shape index (κ2) is 5.50. The molecule has 0 amide bonds. The van der Waals surface area contributed by atoms with Crippen LogP contribution in [0.25, 0.3) is 0 Å². The quantitative estimate of drug-likeness (QED) is 0.875. The Morgan fingerprint density at radius 3 is 2.81 bits per heavy atom. The number of aliphatic hydroxyl groups excluding tert-OH is 1. The Labute approximate surface area is 126 Å². The summed E-state index contributed by atoms with van der Waals surface area (Å²) in [6.45, 7) is 6.80. The van der Waals surface area contributed by atoms with Gasteiger partial charge in [-0.25, -0.2) is 0 Å². The van der Waals surface area contributed by atoms with E-state index in [4.69, 9.17) is 9.47 Å². The van der Waals surface area contributed by atoms with E-state index in [1.165, 1.54) is 5.56 Å². The van der Waals surface area contributed by atoms with Gasteiger partial charge in [0.05, 0.1) is 6.10 Å². The van der Waals surface area contributed by atoms with Gasteiger partial charge in [-0.15, -0.1) is 0 Å². The van der Waals surface area contributed by atoms with Crippen molar-refractivity contribution in [2.75, 3.05) is 6.79 Å². The number of fused-ring (bicyclic) bond motifs is 1. The van der Waals surface area contributed by atoms with Gasteiger partial charge in [0.1, 0.15) is 0 Å². The SMILES string of the molecule is CC(CCc1ccc2c(c1)OCO2)NC1CC(O)C1(C)C. The summed E-state index contributed by atoms with van der Waals surface area (Å²) in [7, 11) is 0. The predicted octanol–water partition coefficient (Wildman–Crippen LogP) is 2.49. The zero-order valence-electron chi connectivity index (χ0n) is 13.1. The van der Waals surface area contributed by atoms with Gasteiger partial charge in [0, 0.05) is 17.5 Å². The highest BCUT2D eigenvalue weighted by Gasteiger charge is 2.47. The van der Waals surface area contributed by atoms with Crippen molar-refractivity contribution in [3.63, 3.8) is 0 Å². The highest BCUT2D eigenvalue weighted by molar-refractivity contribution is 5.44. The van der Waals surface area contributed by atoms with Crippen molar-refractivity contribution in [3.8, 4) is 11.5 Å². The van der Waals surface area contributed by atoms with Crippen LogP contribution < -0.4 is 14.8 Å². The lowest BCUT2D eigenvalue weighted by molar-refractivity contribution is -0.0755. The molecule has 2 N–H and O–H groups in total. The first-order valence-electron chi connectivity index (χ1n) is 7.79. The molecular weight excluding hydrogens is 266 g/mol. The van der Waals surface area contributed by atoms with Gasteiger partial charge in [-0.05, 0) is 43.9 Å². The van der Waals surface area contributed by atoms with E-state index in [1.807, 2.05) is 6.07 Å². The number of aryl methyl sites for hydroxylation is 1. The largest absolute Gasteiger partial charge is 0.454 e. The number of benzene rings is 1. The van der Waals surface area contributed by atoms with Gasteiger partial charge in [-0.2, -0.15) is 0 Å². The van der Waals surface area contributed by atoms with Gasteiger partial charge >= 0.3 is 0 Å². The van der Waals surface area contributed by atoms with E-state index < -0.39 is 0 Å². The van der Waals surface area contributed by atoms with Crippen LogP contribution in [0.3, 0.4) is 0 Å². The smallest absolute Gasteiger partial charge is 0.231 e. The molecule has 4 heteroatoms. The van der Waals surface area contributed by atoms with Crippen molar-refractivity contribution >= 4 is 0 Å². The van der Waals surface area contributed by atoms with E-state index in [9.17, 15) is 5.11 Å². The summed E-state index contributed by atoms with van der Waals surface area (Å²) in [5.74, 6) is 1.70. The summed E-state index contributed by atoms with van der Waals surface area (Å²) in [5.41, 5.74) is 1.27. The molecule has 0 saturated heterocycles. The number of rotatable bonds is 5. The minimum absolute atomic E-state index is 0.00694. The Hall–Kier alpha value is -1.26. The van der Waals surface area contributed by atoms with Crippen LogP contribution >= 0.6 is 0 Å². The van der Waals surface area contributed by atoms with Crippen LogP contribution in [-0.2, 0) is 6.42 Å². The van der Waals surface area contributed by atoms with Crippen molar-refractivity contribution in [2.24, 2.45) is 5.41 Å². The third kappa shape index (κ3) is 2.87. The summed E-state index contributed by atoms with van der Waals surface area (Å²) in [6, 6.07) is 7.02. The molecule has 21 heavy (non-hydrogen) atoms. The van der Waals surface area contributed by atoms with Crippen LogP contribution in [0.2, 0.25) is 0 Å². The monoisotopic (exact) mass is 291 g/mol. The number of ether oxygens (including phenoxy) is 2. The highest BCUT2D eigenvalue weighted by Crippen LogP contribution is 2.40. The van der Waals surface area contributed by atoms with Crippen LogP contribution in [0.15, 0.2) is 18.2 Å². The van der Waals surface area contributed by atoms with Gasteiger partial charge in [0.25, 0.3) is 0 Å². The molecule has 3 rings (SSSR count). The van der Waals surface area contributed by atoms with Crippen molar-refractivity contribution < 1.29 is 14.6 Å². The molecule has 1 aliphatic heterocycles. The van der Waals surface area contributed by atoms with E-state index in [0.29, 0.717) is 18.9 Å². The number of aliphatic hydroxyl groups is 1. The maximum Gasteiger partial charge on any atom is 0.231 e. The summed E-state index contributed by atoms with van der Waals surface area (Å²) in [6.07, 6.45) is 2.78. The minimum Gasteiger partial charge on any atom is -0.454 e. The lowest BCUT2D eigenvalue weighted by Crippen LogP contribution is -2.61. The van der Waals surface area contributed by atoms with Crippen LogP contribution in [0.4, 0.5) is 0 Å². The zero-order valence-corrected chi connectivity index (χ0v) is 13.1. The summed E-state index contributed by atoms with van der Waals surface area (Å²) < 4.78 is 10.7. The fraction of sp³-hybridized carbons (Fsp3) is 0.647. The summed E-state index contributed by atoms with van der Waals surface area (Å²) in [5, 5.41) is 13.4. The Balaban J connectivity index is 1.49. The molecule has 1 heterocycles. The molecule has 4 nitrogen and oxygen atoms in total. The lowest BCUT2D eigenvalue weighted by Gasteiger charge is -2.50. The molecule has 116 valence electrons. The molecule has 2 aliphatic rings. The van der Waals surface area contributed by atoms with Gasteiger partial charge < -0.3 is 19.9 Å². The molecular formula is C17H25NO3. The van der Waals surface area contributed by atoms with E-state index in [-0.39, 0.29) is 11.5 Å². The molecule has 1 fully saturated rings. The molecule has 1 aromatic carbocycles. The Morgan fingerprint density at radius 1 is 1.33 bits per heavy atom. The van der Waals surface area contributed by atoms with Crippen molar-refractivity contribution in [1.29, 1.82) is 0 Å². The van der Waals surface area contributed by atoms with Crippen LogP contribution in [-0.4, -0.2) is 30.1 Å². The molecule has 1 aromatic rings. The second-order valence-corrected chi connectivity index (χ2v) is 6.92. The predicted molar refractivity (Wildman–Crippen MR) is 81.7 cm³/mol. The van der Waals surface area contributed by atoms with E-state index in [1.54, 1.807) is 0 Å². The maximum absolute atomic E-state index is 9.79. The van der Waals surface area contributed by atoms with Gasteiger partial charge in [0.15, 0.2) is 11.5 Å². The topological polar surface area (TPSA) is 50.7 Å². The molecule has 3 unspecified atom stereocenters. The van der Waals surface area contributed by atoms with Gasteiger partial charge in [0.2, 0.25) is 6.79 Å². The standard InChI is InChI=1S/C17H25NO3/c1-11(18-15-9-16(19)17(15,2)3)4-5-12-6-7-13-14(8-12)21-10-20-13/h6-8,11,15-16,18-19H,4-5,9-10H2,1-3H3. The fourth-order valence-electron chi connectivity index (χ4n) is 3.09. The summed E-state index contributed by atoms with van der Waals surface area (Å²) >= 11 is 0. The van der Waals surface area contributed by atoms with E-state index in [0.717, 1.165) is 30.8 Å². The van der Waals surface area contributed by atoms with Crippen molar-refractivity contribution in [1.82, 2.24) is 5.32 Å². The minimum atomic E-state index is -0.170. The van der Waals surface area contributed by atoms with Crippen LogP contribution in [0.1, 0.15) is 39.2 Å². The first kappa shape index (κ1) is 14.7. The Morgan fingerprint density at radius 2 is 2.10 bits per heavy atom. The second-order valence-electron chi connectivity index (χ2n) is 6.92. The number of hydrogen-bond acceptors (Lipinski definition) is 4. The highest BCUT2D eigenvalue weighted by atomic mass is 16.7. The van der Waals surface area contributed by atoms with Crippen LogP contribution in [0, 0.1) is 5.41 Å². The number of nitrogens with one attached hydrogen (secondary N) is 1. The van der Waals surface area contributed by atoms with Gasteiger partial charge in [-0.3, -0.25) is 0 Å². The molecule has 1 aliphatic carbocycles. The molecule has 0 radical (unpaired) electrons. The third-order valence-electron chi connectivity index (χ3n) is 5.00. The van der Waals surface area contributed by atoms with Gasteiger partial charge in [-0.1, -0.05) is 19.9 Å². The third-order valence-corrected chi connectivity index (χ3v) is 5.00. The van der Waals surface area contributed by atoms with E-state index >= 15 is 0 Å².